The molecule has 4 rings (SSSR count). The number of aliphatic carboxylic acids is 1. The topological polar surface area (TPSA) is 81.0 Å². The van der Waals surface area contributed by atoms with Gasteiger partial charge in [-0.2, -0.15) is 0 Å². The molecular formula is C24H39NO4. The number of hydrogen-bond donors (Lipinski definition) is 3. The molecule has 3 N–H and O–H groups in total. The number of carboxylic acids is 1. The molecule has 0 amide bonds. The van der Waals surface area contributed by atoms with Gasteiger partial charge in [-0.1, -0.05) is 50.7 Å². The van der Waals surface area contributed by atoms with E-state index in [4.69, 9.17) is 0 Å². The van der Waals surface area contributed by atoms with Gasteiger partial charge >= 0.3 is 5.97 Å². The molecule has 2 aliphatic carbocycles. The highest BCUT2D eigenvalue weighted by Crippen LogP contribution is 2.49. The van der Waals surface area contributed by atoms with E-state index in [9.17, 15) is 20.1 Å². The van der Waals surface area contributed by atoms with Crippen LogP contribution in [0.3, 0.4) is 0 Å². The number of carboxylic acid groups (broad SMARTS) is 1. The molecule has 2 unspecified atom stereocenters. The summed E-state index contributed by atoms with van der Waals surface area (Å²) in [6.07, 6.45) is 17.5. The highest BCUT2D eigenvalue weighted by Gasteiger charge is 2.54. The van der Waals surface area contributed by atoms with Crippen LogP contribution in [0.15, 0.2) is 12.2 Å². The molecule has 7 atom stereocenters. The molecule has 0 aromatic heterocycles. The van der Waals surface area contributed by atoms with Gasteiger partial charge in [0.25, 0.3) is 0 Å². The fourth-order valence-corrected chi connectivity index (χ4v) is 6.87. The first kappa shape index (κ1) is 21.3. The first-order chi connectivity index (χ1) is 14.0. The van der Waals surface area contributed by atoms with Crippen molar-refractivity contribution < 1.29 is 20.1 Å². The predicted octanol–water partition coefficient (Wildman–Crippen LogP) is 3.73. The van der Waals surface area contributed by atoms with Crippen LogP contribution in [0.25, 0.3) is 0 Å². The Morgan fingerprint density at radius 1 is 1.03 bits per heavy atom. The highest BCUT2D eigenvalue weighted by molar-refractivity contribution is 5.73. The molecule has 5 nitrogen and oxygen atoms in total. The van der Waals surface area contributed by atoms with E-state index >= 15 is 0 Å². The zero-order valence-electron chi connectivity index (χ0n) is 17.7. The maximum atomic E-state index is 11.7. The van der Waals surface area contributed by atoms with Crippen molar-refractivity contribution in [2.45, 2.75) is 114 Å². The predicted molar refractivity (Wildman–Crippen MR) is 112 cm³/mol. The Balaban J connectivity index is 1.33. The van der Waals surface area contributed by atoms with Gasteiger partial charge in [0.15, 0.2) is 0 Å². The number of carbonyl (C=O) groups is 1. The van der Waals surface area contributed by atoms with Crippen molar-refractivity contribution in [3.05, 3.63) is 12.2 Å². The van der Waals surface area contributed by atoms with Gasteiger partial charge in [-0.3, -0.25) is 9.69 Å². The van der Waals surface area contributed by atoms with Gasteiger partial charge in [0.05, 0.1) is 12.2 Å². The minimum atomic E-state index is -0.710. The quantitative estimate of drug-likeness (QED) is 0.463. The maximum Gasteiger partial charge on any atom is 0.320 e. The maximum absolute atomic E-state index is 11.7. The third kappa shape index (κ3) is 4.72. The summed E-state index contributed by atoms with van der Waals surface area (Å²) in [6.45, 7) is 0. The van der Waals surface area contributed by atoms with Crippen molar-refractivity contribution in [3.8, 4) is 0 Å². The van der Waals surface area contributed by atoms with Gasteiger partial charge in [0.2, 0.25) is 0 Å². The van der Waals surface area contributed by atoms with Gasteiger partial charge in [0.1, 0.15) is 6.04 Å². The van der Waals surface area contributed by atoms with Crippen LogP contribution in [0.2, 0.25) is 0 Å². The summed E-state index contributed by atoms with van der Waals surface area (Å²) in [5.41, 5.74) is 0. The lowest BCUT2D eigenvalue weighted by molar-refractivity contribution is -0.146. The van der Waals surface area contributed by atoms with E-state index in [1.54, 1.807) is 0 Å². The standard InChI is InChI=1S/C24H39NO4/c26-18(11-10-16-6-3-1-2-4-7-16)12-13-19-20-14-17-8-5-9-21(24(28)29)25(17)22(20)15-23(19)27/h12-13,16-23,26-27H,1-11,14-15H2,(H,28,29)/b13-12+/t17?,18-,19-,20-,21?,22-,23-/m1/s1. The van der Waals surface area contributed by atoms with E-state index in [0.29, 0.717) is 18.4 Å². The Bertz CT molecular complexity index is 585. The minimum Gasteiger partial charge on any atom is -0.480 e. The minimum absolute atomic E-state index is 0.0487. The Hall–Kier alpha value is -0.910. The first-order valence-electron chi connectivity index (χ1n) is 12.1. The van der Waals surface area contributed by atoms with E-state index in [0.717, 1.165) is 44.4 Å². The van der Waals surface area contributed by atoms with Crippen LogP contribution in [0.5, 0.6) is 0 Å². The van der Waals surface area contributed by atoms with Crippen LogP contribution in [0.1, 0.15) is 83.5 Å². The molecule has 2 saturated carbocycles. The number of nitrogens with zero attached hydrogens (tertiary/aromatic N) is 1. The number of piperidine rings is 1. The van der Waals surface area contributed by atoms with Crippen molar-refractivity contribution in [3.63, 3.8) is 0 Å². The third-order valence-electron chi connectivity index (χ3n) is 8.33. The molecule has 29 heavy (non-hydrogen) atoms. The Kier molecular flexibility index (Phi) is 6.98. The third-order valence-corrected chi connectivity index (χ3v) is 8.33. The number of hydrogen-bond acceptors (Lipinski definition) is 4. The Morgan fingerprint density at radius 2 is 1.79 bits per heavy atom. The van der Waals surface area contributed by atoms with Gasteiger partial charge in [-0.25, -0.2) is 0 Å². The van der Waals surface area contributed by atoms with Crippen LogP contribution in [-0.2, 0) is 4.79 Å². The smallest absolute Gasteiger partial charge is 0.320 e. The summed E-state index contributed by atoms with van der Waals surface area (Å²) in [5.74, 6) is 0.423. The number of fused-ring (bicyclic) bond motifs is 3. The lowest BCUT2D eigenvalue weighted by atomic mass is 9.88. The molecule has 0 aromatic carbocycles. The van der Waals surface area contributed by atoms with E-state index < -0.39 is 18.2 Å². The molecule has 0 aromatic rings. The molecule has 4 fully saturated rings. The first-order valence-corrected chi connectivity index (χ1v) is 12.1. The van der Waals surface area contributed by atoms with Gasteiger partial charge in [-0.15, -0.1) is 0 Å². The highest BCUT2D eigenvalue weighted by atomic mass is 16.4. The van der Waals surface area contributed by atoms with Crippen LogP contribution in [0, 0.1) is 17.8 Å². The Morgan fingerprint density at radius 3 is 2.52 bits per heavy atom. The Labute approximate surface area is 175 Å². The zero-order valence-corrected chi connectivity index (χ0v) is 17.7. The lowest BCUT2D eigenvalue weighted by Gasteiger charge is -2.38. The average molecular weight is 406 g/mol. The molecule has 0 bridgehead atoms. The zero-order chi connectivity index (χ0) is 20.4. The SMILES string of the molecule is O=C(O)C1CCCC2C[C@@H]3[C@@H](/C=C/[C@H](O)CCC4CCCCCC4)[C@H](O)C[C@H]3N21. The lowest BCUT2D eigenvalue weighted by Crippen LogP contribution is -2.51. The molecule has 0 spiro atoms. The largest absolute Gasteiger partial charge is 0.480 e. The molecular weight excluding hydrogens is 366 g/mol. The molecule has 0 radical (unpaired) electrons. The molecule has 4 aliphatic rings. The molecule has 2 aliphatic heterocycles. The average Bonchev–Trinajstić information content (AvgIpc) is 3.06. The van der Waals surface area contributed by atoms with E-state index in [1.807, 2.05) is 6.08 Å². The summed E-state index contributed by atoms with van der Waals surface area (Å²) in [5, 5.41) is 30.8. The van der Waals surface area contributed by atoms with E-state index in [1.165, 1.54) is 38.5 Å². The van der Waals surface area contributed by atoms with Crippen molar-refractivity contribution >= 4 is 5.97 Å². The normalized spacial score (nSPS) is 39.9. The summed E-state index contributed by atoms with van der Waals surface area (Å²) in [4.78, 5) is 14.0. The van der Waals surface area contributed by atoms with Crippen LogP contribution < -0.4 is 0 Å². The second-order valence-electron chi connectivity index (χ2n) is 10.1. The summed E-state index contributed by atoms with van der Waals surface area (Å²) < 4.78 is 0. The molecule has 2 saturated heterocycles. The van der Waals surface area contributed by atoms with Crippen molar-refractivity contribution in [2.75, 3.05) is 0 Å². The van der Waals surface area contributed by atoms with Crippen LogP contribution in [0.4, 0.5) is 0 Å². The van der Waals surface area contributed by atoms with E-state index in [-0.39, 0.29) is 18.0 Å². The number of aliphatic hydroxyl groups excluding tert-OH is 2. The molecule has 5 heteroatoms. The number of rotatable bonds is 6. The fourth-order valence-electron chi connectivity index (χ4n) is 6.87. The van der Waals surface area contributed by atoms with E-state index in [2.05, 4.69) is 11.0 Å². The van der Waals surface area contributed by atoms with Gasteiger partial charge < -0.3 is 15.3 Å². The van der Waals surface area contributed by atoms with Crippen molar-refractivity contribution in [1.29, 1.82) is 0 Å². The van der Waals surface area contributed by atoms with Gasteiger partial charge in [-0.05, 0) is 56.8 Å². The fraction of sp³-hybridized carbons (Fsp3) is 0.875. The van der Waals surface area contributed by atoms with Gasteiger partial charge in [0, 0.05) is 18.0 Å². The molecule has 2 heterocycles. The monoisotopic (exact) mass is 405 g/mol. The number of aliphatic hydroxyl groups is 2. The summed E-state index contributed by atoms with van der Waals surface area (Å²) in [7, 11) is 0. The van der Waals surface area contributed by atoms with Crippen LogP contribution in [-0.4, -0.2) is 56.5 Å². The second-order valence-corrected chi connectivity index (χ2v) is 10.1. The van der Waals surface area contributed by atoms with Crippen molar-refractivity contribution in [1.82, 2.24) is 4.90 Å². The second kappa shape index (κ2) is 9.49. The summed E-state index contributed by atoms with van der Waals surface area (Å²) >= 11 is 0. The van der Waals surface area contributed by atoms with Crippen molar-refractivity contribution in [2.24, 2.45) is 17.8 Å². The summed E-state index contributed by atoms with van der Waals surface area (Å²) in [6, 6.07) is 0.140. The van der Waals surface area contributed by atoms with Crippen LogP contribution >= 0.6 is 0 Å². The molecule has 164 valence electrons.